The maximum atomic E-state index is 11.9. The van der Waals surface area contributed by atoms with E-state index in [1.165, 1.54) is 24.4 Å². The summed E-state index contributed by atoms with van der Waals surface area (Å²) in [6, 6.07) is 5.91. The van der Waals surface area contributed by atoms with Gasteiger partial charge in [-0.3, -0.25) is 0 Å². The van der Waals surface area contributed by atoms with Crippen molar-refractivity contribution >= 4 is 5.69 Å². The van der Waals surface area contributed by atoms with Crippen LogP contribution in [0.5, 0.6) is 5.75 Å². The molecule has 3 N–H and O–H groups in total. The van der Waals surface area contributed by atoms with Gasteiger partial charge >= 0.3 is 6.61 Å². The molecule has 0 aliphatic carbocycles. The van der Waals surface area contributed by atoms with Gasteiger partial charge in [-0.2, -0.15) is 13.9 Å². The molecule has 0 saturated carbocycles. The Morgan fingerprint density at radius 3 is 2.94 bits per heavy atom. The van der Waals surface area contributed by atoms with Crippen molar-refractivity contribution in [2.24, 2.45) is 5.11 Å². The molecule has 0 aliphatic heterocycles. The predicted octanol–water partition coefficient (Wildman–Crippen LogP) is 2.56. The van der Waals surface area contributed by atoms with Crippen molar-refractivity contribution in [1.29, 1.82) is 5.53 Å². The predicted molar refractivity (Wildman–Crippen MR) is 57.0 cm³/mol. The number of rotatable bonds is 6. The molecular formula is C10H11F2N3O2. The van der Waals surface area contributed by atoms with Gasteiger partial charge in [-0.25, -0.2) is 5.53 Å². The van der Waals surface area contributed by atoms with Gasteiger partial charge in [0.25, 0.3) is 0 Å². The normalized spacial score (nSPS) is 11.4. The van der Waals surface area contributed by atoms with Crippen LogP contribution in [-0.4, -0.2) is 18.3 Å². The van der Waals surface area contributed by atoms with Gasteiger partial charge in [0.2, 0.25) is 0 Å². The molecular weight excluding hydrogens is 232 g/mol. The molecule has 1 rings (SSSR count). The fourth-order valence-electron chi connectivity index (χ4n) is 1.04. The number of anilines is 1. The van der Waals surface area contributed by atoms with Crippen LogP contribution in [0.4, 0.5) is 14.5 Å². The molecule has 1 aromatic rings. The number of alkyl halides is 2. The van der Waals surface area contributed by atoms with E-state index in [1.807, 2.05) is 0 Å². The Bertz CT molecular complexity index is 410. The van der Waals surface area contributed by atoms with Crippen molar-refractivity contribution in [2.75, 3.05) is 11.9 Å². The molecule has 0 bridgehead atoms. The van der Waals surface area contributed by atoms with E-state index in [4.69, 9.17) is 10.6 Å². The Labute approximate surface area is 96.2 Å². The zero-order valence-corrected chi connectivity index (χ0v) is 8.73. The van der Waals surface area contributed by atoms with Gasteiger partial charge in [-0.05, 0) is 12.1 Å². The monoisotopic (exact) mass is 243 g/mol. The number of halogens is 2. The van der Waals surface area contributed by atoms with Crippen molar-refractivity contribution in [2.45, 2.75) is 6.61 Å². The zero-order chi connectivity index (χ0) is 12.7. The summed E-state index contributed by atoms with van der Waals surface area (Å²) in [7, 11) is 0. The van der Waals surface area contributed by atoms with Crippen molar-refractivity contribution in [3.63, 3.8) is 0 Å². The molecule has 0 fully saturated rings. The average Bonchev–Trinajstić information content (AvgIpc) is 2.30. The topological polar surface area (TPSA) is 77.7 Å². The number of aliphatic hydroxyl groups excluding tert-OH is 1. The van der Waals surface area contributed by atoms with E-state index in [2.05, 4.69) is 15.2 Å². The van der Waals surface area contributed by atoms with E-state index in [9.17, 15) is 8.78 Å². The smallest absolute Gasteiger partial charge is 0.387 e. The molecule has 0 saturated heterocycles. The summed E-state index contributed by atoms with van der Waals surface area (Å²) in [5, 5.41) is 14.5. The molecule has 1 aromatic carbocycles. The minimum absolute atomic E-state index is 0.0201. The molecule has 92 valence electrons. The van der Waals surface area contributed by atoms with E-state index < -0.39 is 6.61 Å². The number of nitrogens with zero attached hydrogens (tertiary/aromatic N) is 1. The third-order valence-electron chi connectivity index (χ3n) is 1.77. The van der Waals surface area contributed by atoms with E-state index in [0.29, 0.717) is 5.69 Å². The van der Waals surface area contributed by atoms with E-state index in [0.717, 1.165) is 0 Å². The highest BCUT2D eigenvalue weighted by Crippen LogP contribution is 2.19. The lowest BCUT2D eigenvalue weighted by Gasteiger charge is -2.06. The van der Waals surface area contributed by atoms with Gasteiger partial charge in [0.15, 0.2) is 0 Å². The summed E-state index contributed by atoms with van der Waals surface area (Å²) >= 11 is 0. The first-order chi connectivity index (χ1) is 8.15. The molecule has 0 spiro atoms. The fourth-order valence-corrected chi connectivity index (χ4v) is 1.04. The number of hydrogen-bond acceptors (Lipinski definition) is 5. The lowest BCUT2D eigenvalue weighted by Crippen LogP contribution is -2.02. The Hall–Kier alpha value is -2.02. The fraction of sp³-hybridized carbons (Fsp3) is 0.200. The quantitative estimate of drug-likeness (QED) is 0.672. The van der Waals surface area contributed by atoms with Gasteiger partial charge in [-0.15, -0.1) is 0 Å². The molecule has 0 amide bonds. The molecule has 5 nitrogen and oxygen atoms in total. The first-order valence-corrected chi connectivity index (χ1v) is 4.64. The third-order valence-corrected chi connectivity index (χ3v) is 1.77. The number of ether oxygens (including phenoxy) is 1. The number of benzene rings is 1. The van der Waals surface area contributed by atoms with Gasteiger partial charge in [-0.1, -0.05) is 6.07 Å². The van der Waals surface area contributed by atoms with Crippen molar-refractivity contribution < 1.29 is 18.6 Å². The van der Waals surface area contributed by atoms with Crippen LogP contribution in [0.1, 0.15) is 0 Å². The first kappa shape index (κ1) is 13.0. The summed E-state index contributed by atoms with van der Waals surface area (Å²) in [4.78, 5) is 0. The van der Waals surface area contributed by atoms with Crippen LogP contribution in [0.3, 0.4) is 0 Å². The molecule has 0 atom stereocenters. The van der Waals surface area contributed by atoms with Crippen molar-refractivity contribution in [3.8, 4) is 5.75 Å². The Kier molecular flexibility index (Phi) is 5.02. The standard InChI is InChI=1S/C10H11F2N3O2/c11-10(12)17-9-3-1-2-7(4-9)14-5-8(6-16)15-13/h1-5,10,13-14,16H,6H2/b8-5-,15-13?. The Balaban J connectivity index is 2.71. The minimum Gasteiger partial charge on any atom is -0.435 e. The number of nitrogens with one attached hydrogen (secondary N) is 2. The second-order valence-electron chi connectivity index (χ2n) is 2.96. The number of hydrogen-bond donors (Lipinski definition) is 3. The largest absolute Gasteiger partial charge is 0.435 e. The van der Waals surface area contributed by atoms with E-state index in [-0.39, 0.29) is 18.1 Å². The maximum Gasteiger partial charge on any atom is 0.387 e. The highest BCUT2D eigenvalue weighted by molar-refractivity contribution is 5.50. The average molecular weight is 243 g/mol. The SMILES string of the molecule is N=N/C(=C\Nc1cccc(OC(F)F)c1)CO. The van der Waals surface area contributed by atoms with Crippen LogP contribution >= 0.6 is 0 Å². The molecule has 0 aromatic heterocycles. The van der Waals surface area contributed by atoms with Gasteiger partial charge in [0.1, 0.15) is 11.4 Å². The van der Waals surface area contributed by atoms with E-state index >= 15 is 0 Å². The highest BCUT2D eigenvalue weighted by Gasteiger charge is 2.04. The Morgan fingerprint density at radius 1 is 1.59 bits per heavy atom. The van der Waals surface area contributed by atoms with Crippen LogP contribution in [-0.2, 0) is 0 Å². The van der Waals surface area contributed by atoms with E-state index in [1.54, 1.807) is 6.07 Å². The van der Waals surface area contributed by atoms with Crippen LogP contribution in [0.2, 0.25) is 0 Å². The molecule has 0 aliphatic rings. The molecule has 17 heavy (non-hydrogen) atoms. The molecule has 0 unspecified atom stereocenters. The molecule has 7 heteroatoms. The van der Waals surface area contributed by atoms with Crippen LogP contribution in [0, 0.1) is 5.53 Å². The lowest BCUT2D eigenvalue weighted by molar-refractivity contribution is -0.0497. The summed E-state index contributed by atoms with van der Waals surface area (Å²) in [6.45, 7) is -3.26. The zero-order valence-electron chi connectivity index (χ0n) is 8.73. The van der Waals surface area contributed by atoms with Gasteiger partial charge < -0.3 is 15.2 Å². The third kappa shape index (κ3) is 4.56. The molecule has 0 radical (unpaired) electrons. The summed E-state index contributed by atoms with van der Waals surface area (Å²) in [5.41, 5.74) is 7.29. The summed E-state index contributed by atoms with van der Waals surface area (Å²) < 4.78 is 28.1. The summed E-state index contributed by atoms with van der Waals surface area (Å²) in [6.07, 6.45) is 1.30. The van der Waals surface area contributed by atoms with Crippen LogP contribution in [0.25, 0.3) is 0 Å². The minimum atomic E-state index is -2.88. The van der Waals surface area contributed by atoms with Crippen LogP contribution in [0.15, 0.2) is 41.3 Å². The molecule has 0 heterocycles. The second kappa shape index (κ2) is 6.54. The number of aliphatic hydroxyl groups is 1. The van der Waals surface area contributed by atoms with Crippen molar-refractivity contribution in [3.05, 3.63) is 36.2 Å². The maximum absolute atomic E-state index is 11.9. The van der Waals surface area contributed by atoms with Crippen molar-refractivity contribution in [1.82, 2.24) is 0 Å². The Morgan fingerprint density at radius 2 is 2.35 bits per heavy atom. The van der Waals surface area contributed by atoms with Crippen LogP contribution < -0.4 is 10.1 Å². The first-order valence-electron chi connectivity index (χ1n) is 4.64. The van der Waals surface area contributed by atoms with Gasteiger partial charge in [0.05, 0.1) is 6.61 Å². The lowest BCUT2D eigenvalue weighted by atomic mass is 10.3. The second-order valence-corrected chi connectivity index (χ2v) is 2.96. The summed E-state index contributed by atoms with van der Waals surface area (Å²) in [5.74, 6) is 0.0201. The highest BCUT2D eigenvalue weighted by atomic mass is 19.3. The van der Waals surface area contributed by atoms with Gasteiger partial charge in [0, 0.05) is 18.0 Å².